The second-order valence-corrected chi connectivity index (χ2v) is 5.11. The Morgan fingerprint density at radius 2 is 0.657 bits per heavy atom. The largest absolute Gasteiger partial charge is 0.481 e. The first-order valence-corrected chi connectivity index (χ1v) is 7.81. The average molecular weight is 514 g/mol. The van der Waals surface area contributed by atoms with E-state index in [1.54, 1.807) is 0 Å². The summed E-state index contributed by atoms with van der Waals surface area (Å²) in [5.74, 6) is -13.7. The quantitative estimate of drug-likeness (QED) is 0.111. The SMILES string of the molecule is O=C(O)/C=C/C(=O)O.O=C(O)/C=C\C(=O)O.O=C(O)C(=O)O.O=C(O)CC(O)(CC(=O)O)C(=O)O. The molecule has 19 nitrogen and oxygen atoms in total. The van der Waals surface area contributed by atoms with Gasteiger partial charge in [-0.15, -0.1) is 0 Å². The number of hydrogen-bond donors (Lipinski definition) is 10. The van der Waals surface area contributed by atoms with E-state index in [4.69, 9.17) is 60.7 Å². The van der Waals surface area contributed by atoms with Gasteiger partial charge in [0.25, 0.3) is 0 Å². The van der Waals surface area contributed by atoms with Gasteiger partial charge in [0, 0.05) is 24.3 Å². The molecular formula is C16H18O19. The van der Waals surface area contributed by atoms with E-state index in [1.807, 2.05) is 0 Å². The van der Waals surface area contributed by atoms with E-state index in [9.17, 15) is 33.6 Å². The standard InChI is InChI=1S/C6H8O7.2C4H4O4.C2H2O4/c7-3(8)1-6(13,5(11)12)2-4(9)10;2*5-3(6)1-2-4(7)8;3-1(4)2(5)6/h13H,1-2H2,(H,7,8)(H,9,10)(H,11,12);2*1-2H,(H,5,6)(H,7,8);(H,3,4)(H,5,6)/b;2-1+;2-1-;. The van der Waals surface area contributed by atoms with Crippen molar-refractivity contribution < 1.29 is 94.2 Å². The monoisotopic (exact) mass is 514 g/mol. The van der Waals surface area contributed by atoms with Crippen LogP contribution in [-0.4, -0.2) is 110 Å². The smallest absolute Gasteiger partial charge is 0.414 e. The van der Waals surface area contributed by atoms with Crippen molar-refractivity contribution in [1.82, 2.24) is 0 Å². The van der Waals surface area contributed by atoms with Gasteiger partial charge in [0.15, 0.2) is 5.60 Å². The third-order valence-electron chi connectivity index (χ3n) is 2.21. The molecule has 0 unspecified atom stereocenters. The second-order valence-electron chi connectivity index (χ2n) is 5.11. The summed E-state index contributed by atoms with van der Waals surface area (Å²) in [6.45, 7) is 0. The van der Waals surface area contributed by atoms with Gasteiger partial charge in [0.2, 0.25) is 0 Å². The molecule has 0 bridgehead atoms. The van der Waals surface area contributed by atoms with Gasteiger partial charge in [0.05, 0.1) is 12.8 Å². The molecule has 10 N–H and O–H groups in total. The predicted molar refractivity (Wildman–Crippen MR) is 101 cm³/mol. The number of carboxylic acids is 9. The van der Waals surface area contributed by atoms with Crippen molar-refractivity contribution in [3.8, 4) is 0 Å². The van der Waals surface area contributed by atoms with Gasteiger partial charge >= 0.3 is 53.7 Å². The third kappa shape index (κ3) is 33.5. The summed E-state index contributed by atoms with van der Waals surface area (Å²) in [4.78, 5) is 86.9. The van der Waals surface area contributed by atoms with Gasteiger partial charge in [-0.25, -0.2) is 33.6 Å². The van der Waals surface area contributed by atoms with Gasteiger partial charge in [-0.3, -0.25) is 9.59 Å². The van der Waals surface area contributed by atoms with Gasteiger partial charge in [-0.1, -0.05) is 0 Å². The number of carbonyl (C=O) groups is 9. The van der Waals surface area contributed by atoms with Gasteiger partial charge in [-0.05, 0) is 0 Å². The van der Waals surface area contributed by atoms with Crippen molar-refractivity contribution in [2.75, 3.05) is 0 Å². The Kier molecular flexibility index (Phi) is 20.5. The fourth-order valence-electron chi connectivity index (χ4n) is 0.999. The van der Waals surface area contributed by atoms with E-state index < -0.39 is 72.2 Å². The number of aliphatic hydroxyl groups is 1. The number of hydrogen-bond acceptors (Lipinski definition) is 10. The molecule has 0 heterocycles. The van der Waals surface area contributed by atoms with E-state index in [0.717, 1.165) is 0 Å². The molecule has 0 atom stereocenters. The maximum Gasteiger partial charge on any atom is 0.414 e. The topological polar surface area (TPSA) is 356 Å². The molecule has 19 heteroatoms. The first kappa shape index (κ1) is 37.0. The Hall–Kier alpha value is -5.33. The van der Waals surface area contributed by atoms with Crippen molar-refractivity contribution in [2.45, 2.75) is 18.4 Å². The summed E-state index contributed by atoms with van der Waals surface area (Å²) in [5, 5.41) is 79.8. The first-order valence-electron chi connectivity index (χ1n) is 7.81. The molecule has 0 aliphatic rings. The van der Waals surface area contributed by atoms with Crippen LogP contribution >= 0.6 is 0 Å². The molecule has 0 aliphatic heterocycles. The lowest BCUT2D eigenvalue weighted by atomic mass is 9.96. The molecule has 196 valence electrons. The van der Waals surface area contributed by atoms with Crippen LogP contribution in [0.25, 0.3) is 0 Å². The van der Waals surface area contributed by atoms with E-state index in [-0.39, 0.29) is 0 Å². The molecule has 0 rings (SSSR count). The van der Waals surface area contributed by atoms with Crippen molar-refractivity contribution in [2.24, 2.45) is 0 Å². The molecule has 0 saturated heterocycles. The number of carboxylic acid groups (broad SMARTS) is 9. The molecule has 35 heavy (non-hydrogen) atoms. The highest BCUT2D eigenvalue weighted by atomic mass is 16.4. The molecule has 0 radical (unpaired) electrons. The van der Waals surface area contributed by atoms with Gasteiger partial charge < -0.3 is 51.1 Å². The summed E-state index contributed by atoms with van der Waals surface area (Å²) in [5.41, 5.74) is -2.74. The minimum absolute atomic E-state index is 0.558. The van der Waals surface area contributed by atoms with Crippen LogP contribution in [0.15, 0.2) is 24.3 Å². The zero-order chi connectivity index (χ0) is 28.9. The molecule has 0 amide bonds. The van der Waals surface area contributed by atoms with E-state index >= 15 is 0 Å². The Morgan fingerprint density at radius 1 is 0.457 bits per heavy atom. The molecular weight excluding hydrogens is 496 g/mol. The van der Waals surface area contributed by atoms with Crippen LogP contribution in [0.4, 0.5) is 0 Å². The lowest BCUT2D eigenvalue weighted by Crippen LogP contribution is -2.42. The second kappa shape index (κ2) is 19.4. The number of rotatable bonds is 9. The normalized spacial score (nSPS) is 9.63. The molecule has 0 aromatic heterocycles. The highest BCUT2D eigenvalue weighted by Gasteiger charge is 2.40. The van der Waals surface area contributed by atoms with E-state index in [2.05, 4.69) is 0 Å². The van der Waals surface area contributed by atoms with Crippen LogP contribution in [0, 0.1) is 0 Å². The van der Waals surface area contributed by atoms with Crippen LogP contribution in [0.5, 0.6) is 0 Å². The average Bonchev–Trinajstić information content (AvgIpc) is 2.64. The van der Waals surface area contributed by atoms with Crippen molar-refractivity contribution in [1.29, 1.82) is 0 Å². The predicted octanol–water partition coefficient (Wildman–Crippen LogP) is -2.67. The zero-order valence-corrected chi connectivity index (χ0v) is 16.9. The summed E-state index contributed by atoms with van der Waals surface area (Å²) >= 11 is 0. The van der Waals surface area contributed by atoms with Crippen LogP contribution in [0.1, 0.15) is 12.8 Å². The van der Waals surface area contributed by atoms with Gasteiger partial charge in [0.1, 0.15) is 0 Å². The highest BCUT2D eigenvalue weighted by Crippen LogP contribution is 2.15. The van der Waals surface area contributed by atoms with Crippen LogP contribution in [0.3, 0.4) is 0 Å². The lowest BCUT2D eigenvalue weighted by Gasteiger charge is -2.18. The highest BCUT2D eigenvalue weighted by molar-refractivity contribution is 6.27. The van der Waals surface area contributed by atoms with Crippen molar-refractivity contribution in [3.05, 3.63) is 24.3 Å². The van der Waals surface area contributed by atoms with Crippen LogP contribution in [-0.2, 0) is 43.2 Å². The van der Waals surface area contributed by atoms with Crippen LogP contribution in [0.2, 0.25) is 0 Å². The van der Waals surface area contributed by atoms with Crippen molar-refractivity contribution in [3.63, 3.8) is 0 Å². The molecule has 0 spiro atoms. The fraction of sp³-hybridized carbons (Fsp3) is 0.188. The summed E-state index contributed by atoms with van der Waals surface area (Å²) in [7, 11) is 0. The summed E-state index contributed by atoms with van der Waals surface area (Å²) in [6, 6.07) is 0. The fourth-order valence-corrected chi connectivity index (χ4v) is 0.999. The van der Waals surface area contributed by atoms with E-state index in [1.165, 1.54) is 0 Å². The Labute approximate surface area is 191 Å². The minimum Gasteiger partial charge on any atom is -0.481 e. The summed E-state index contributed by atoms with van der Waals surface area (Å²) < 4.78 is 0. The molecule has 0 fully saturated rings. The Morgan fingerprint density at radius 3 is 0.743 bits per heavy atom. The zero-order valence-electron chi connectivity index (χ0n) is 16.9. The number of aliphatic carboxylic acids is 9. The maximum absolute atomic E-state index is 10.3. The lowest BCUT2D eigenvalue weighted by molar-refractivity contribution is -0.170. The molecule has 0 saturated carbocycles. The third-order valence-corrected chi connectivity index (χ3v) is 2.21. The molecule has 0 aromatic rings. The molecule has 0 aromatic carbocycles. The molecule has 0 aliphatic carbocycles. The Balaban J connectivity index is -0.000000192. The maximum atomic E-state index is 10.3. The van der Waals surface area contributed by atoms with Gasteiger partial charge in [-0.2, -0.15) is 0 Å². The minimum atomic E-state index is -2.74. The first-order chi connectivity index (χ1) is 15.7. The Bertz CT molecular complexity index is 783. The summed E-state index contributed by atoms with van der Waals surface area (Å²) in [6.07, 6.45) is -0.0569. The van der Waals surface area contributed by atoms with Crippen molar-refractivity contribution >= 4 is 53.7 Å². The van der Waals surface area contributed by atoms with Crippen LogP contribution < -0.4 is 0 Å². The van der Waals surface area contributed by atoms with E-state index in [0.29, 0.717) is 24.3 Å².